The SMILES string of the molecule is COC(=O)c1c(CN2CCC(N3CCCC3)CC2)c(-c2cccc(C(F)(F)F)c2)nc2ccc(S(C)(=O)=O)cc12. The van der Waals surface area contributed by atoms with Gasteiger partial charge in [-0.1, -0.05) is 12.1 Å². The van der Waals surface area contributed by atoms with Gasteiger partial charge in [0.25, 0.3) is 0 Å². The number of carbonyl (C=O) groups is 1. The van der Waals surface area contributed by atoms with Crippen molar-refractivity contribution in [3.63, 3.8) is 0 Å². The molecule has 0 N–H and O–H groups in total. The summed E-state index contributed by atoms with van der Waals surface area (Å²) >= 11 is 0. The molecule has 0 amide bonds. The van der Waals surface area contributed by atoms with Crippen molar-refractivity contribution >= 4 is 26.7 Å². The second-order valence-electron chi connectivity index (χ2n) is 10.6. The Bertz CT molecular complexity index is 1530. The molecule has 2 aliphatic heterocycles. The lowest BCUT2D eigenvalue weighted by Crippen LogP contribution is -2.43. The number of nitrogens with zero attached hydrogens (tertiary/aromatic N) is 3. The number of halogens is 3. The van der Waals surface area contributed by atoms with E-state index in [1.165, 1.54) is 44.2 Å². The summed E-state index contributed by atoms with van der Waals surface area (Å²) in [6.07, 6.45) is 0.835. The van der Waals surface area contributed by atoms with Crippen molar-refractivity contribution in [3.05, 3.63) is 59.2 Å². The zero-order chi connectivity index (χ0) is 28.7. The van der Waals surface area contributed by atoms with Crippen LogP contribution < -0.4 is 0 Å². The van der Waals surface area contributed by atoms with Crippen molar-refractivity contribution in [2.24, 2.45) is 0 Å². The van der Waals surface area contributed by atoms with Gasteiger partial charge in [-0.05, 0) is 82.2 Å². The summed E-state index contributed by atoms with van der Waals surface area (Å²) < 4.78 is 70.7. The summed E-state index contributed by atoms with van der Waals surface area (Å²) in [6.45, 7) is 3.98. The number of esters is 1. The highest BCUT2D eigenvalue weighted by Crippen LogP contribution is 2.37. The first-order chi connectivity index (χ1) is 19.0. The molecule has 7 nitrogen and oxygen atoms in total. The van der Waals surface area contributed by atoms with Gasteiger partial charge in [0.2, 0.25) is 0 Å². The summed E-state index contributed by atoms with van der Waals surface area (Å²) in [6, 6.07) is 9.62. The molecule has 214 valence electrons. The lowest BCUT2D eigenvalue weighted by atomic mass is 9.94. The molecular weight excluding hydrogens is 543 g/mol. The van der Waals surface area contributed by atoms with Gasteiger partial charge in [0.1, 0.15) is 0 Å². The first kappa shape index (κ1) is 28.5. The van der Waals surface area contributed by atoms with Gasteiger partial charge in [0.15, 0.2) is 9.84 Å². The van der Waals surface area contributed by atoms with Gasteiger partial charge in [-0.3, -0.25) is 4.90 Å². The first-order valence-corrected chi connectivity index (χ1v) is 15.2. The number of sulfone groups is 1. The maximum atomic E-state index is 13.6. The van der Waals surface area contributed by atoms with Crippen molar-refractivity contribution in [3.8, 4) is 11.3 Å². The fraction of sp³-hybridized carbons (Fsp3) is 0.448. The maximum Gasteiger partial charge on any atom is 0.416 e. The maximum absolute atomic E-state index is 13.6. The van der Waals surface area contributed by atoms with Crippen LogP contribution in [0.5, 0.6) is 0 Å². The van der Waals surface area contributed by atoms with E-state index < -0.39 is 27.5 Å². The highest BCUT2D eigenvalue weighted by atomic mass is 32.2. The number of pyridine rings is 1. The number of carbonyl (C=O) groups excluding carboxylic acids is 1. The predicted molar refractivity (Wildman–Crippen MR) is 146 cm³/mol. The van der Waals surface area contributed by atoms with Crippen molar-refractivity contribution < 1.29 is 31.1 Å². The number of rotatable bonds is 6. The Morgan fingerprint density at radius 1 is 1.05 bits per heavy atom. The molecule has 11 heteroatoms. The summed E-state index contributed by atoms with van der Waals surface area (Å²) in [5, 5.41) is 0.285. The zero-order valence-corrected chi connectivity index (χ0v) is 23.3. The van der Waals surface area contributed by atoms with E-state index in [2.05, 4.69) is 9.80 Å². The van der Waals surface area contributed by atoms with Gasteiger partial charge in [-0.15, -0.1) is 0 Å². The molecule has 0 aliphatic carbocycles. The molecule has 0 atom stereocenters. The second-order valence-corrected chi connectivity index (χ2v) is 12.6. The lowest BCUT2D eigenvalue weighted by molar-refractivity contribution is -0.137. The van der Waals surface area contributed by atoms with Gasteiger partial charge in [-0.2, -0.15) is 13.2 Å². The third kappa shape index (κ3) is 5.87. The van der Waals surface area contributed by atoms with Crippen LogP contribution >= 0.6 is 0 Å². The molecule has 0 radical (unpaired) electrons. The van der Waals surface area contributed by atoms with Crippen LogP contribution in [-0.4, -0.2) is 74.8 Å². The number of fused-ring (bicyclic) bond motifs is 1. The van der Waals surface area contributed by atoms with E-state index in [0.717, 1.165) is 57.4 Å². The van der Waals surface area contributed by atoms with Crippen LogP contribution in [0, 0.1) is 0 Å². The number of likely N-dealkylation sites (tertiary alicyclic amines) is 2. The van der Waals surface area contributed by atoms with Crippen molar-refractivity contribution in [1.29, 1.82) is 0 Å². The van der Waals surface area contributed by atoms with Crippen LogP contribution in [0.1, 0.15) is 47.2 Å². The monoisotopic (exact) mass is 575 g/mol. The first-order valence-electron chi connectivity index (χ1n) is 13.3. The predicted octanol–water partition coefficient (Wildman–Crippen LogP) is 5.17. The molecule has 3 heterocycles. The minimum Gasteiger partial charge on any atom is -0.465 e. The Labute approximate surface area is 231 Å². The third-order valence-corrected chi connectivity index (χ3v) is 9.04. The molecule has 40 heavy (non-hydrogen) atoms. The van der Waals surface area contributed by atoms with Gasteiger partial charge in [0, 0.05) is 35.4 Å². The molecule has 2 saturated heterocycles. The Morgan fingerprint density at radius 2 is 1.75 bits per heavy atom. The number of aromatic nitrogens is 1. The van der Waals surface area contributed by atoms with Gasteiger partial charge < -0.3 is 9.64 Å². The molecule has 0 unspecified atom stereocenters. The summed E-state index contributed by atoms with van der Waals surface area (Å²) in [4.78, 5) is 22.7. The molecule has 0 bridgehead atoms. The molecule has 0 spiro atoms. The van der Waals surface area contributed by atoms with E-state index in [1.807, 2.05) is 0 Å². The summed E-state index contributed by atoms with van der Waals surface area (Å²) in [7, 11) is -2.38. The van der Waals surface area contributed by atoms with Crippen LogP contribution in [0.2, 0.25) is 0 Å². The molecular formula is C29H32F3N3O4S. The molecule has 2 aromatic carbocycles. The van der Waals surface area contributed by atoms with Gasteiger partial charge in [-0.25, -0.2) is 18.2 Å². The fourth-order valence-electron chi connectivity index (χ4n) is 5.86. The molecule has 3 aromatic rings. The average molecular weight is 576 g/mol. The number of hydrogen-bond donors (Lipinski definition) is 0. The quantitative estimate of drug-likeness (QED) is 0.375. The summed E-state index contributed by atoms with van der Waals surface area (Å²) in [5.74, 6) is -0.701. The van der Waals surface area contributed by atoms with Crippen molar-refractivity contribution in [2.45, 2.75) is 49.3 Å². The normalized spacial score (nSPS) is 17.9. The topological polar surface area (TPSA) is 79.8 Å². The number of piperidine rings is 1. The van der Waals surface area contributed by atoms with Gasteiger partial charge in [0.05, 0.1) is 34.3 Å². The van der Waals surface area contributed by atoms with Crippen molar-refractivity contribution in [1.82, 2.24) is 14.8 Å². The minimum absolute atomic E-state index is 0.0103. The zero-order valence-electron chi connectivity index (χ0n) is 22.5. The molecule has 0 saturated carbocycles. The van der Waals surface area contributed by atoms with E-state index in [0.29, 0.717) is 11.6 Å². The van der Waals surface area contributed by atoms with Crippen LogP contribution in [0.4, 0.5) is 13.2 Å². The third-order valence-electron chi connectivity index (χ3n) is 7.93. The van der Waals surface area contributed by atoms with E-state index in [-0.39, 0.29) is 39.2 Å². The van der Waals surface area contributed by atoms with Crippen LogP contribution in [0.15, 0.2) is 47.4 Å². The lowest BCUT2D eigenvalue weighted by Gasteiger charge is -2.37. The van der Waals surface area contributed by atoms with Crippen LogP contribution in [-0.2, 0) is 27.3 Å². The van der Waals surface area contributed by atoms with E-state index >= 15 is 0 Å². The number of ether oxygens (including phenoxy) is 1. The summed E-state index contributed by atoms with van der Waals surface area (Å²) in [5.41, 5.74) is 0.466. The fourth-order valence-corrected chi connectivity index (χ4v) is 6.50. The highest BCUT2D eigenvalue weighted by Gasteiger charge is 2.32. The number of benzene rings is 2. The van der Waals surface area contributed by atoms with E-state index in [9.17, 15) is 26.4 Å². The Hall–Kier alpha value is -3.02. The molecule has 5 rings (SSSR count). The van der Waals surface area contributed by atoms with Crippen LogP contribution in [0.3, 0.4) is 0 Å². The average Bonchev–Trinajstić information content (AvgIpc) is 3.46. The standard InChI is InChI=1S/C29H32F3N3O4S/c1-39-28(36)26-23-17-22(40(2,37)38)8-9-25(23)33-27(19-6-5-7-20(16-19)29(30,31)32)24(26)18-34-14-10-21(11-15-34)35-12-3-4-13-35/h5-9,16-17,21H,3-4,10-15,18H2,1-2H3. The van der Waals surface area contributed by atoms with Crippen LogP contribution in [0.25, 0.3) is 22.2 Å². The molecule has 2 fully saturated rings. The number of alkyl halides is 3. The highest BCUT2D eigenvalue weighted by molar-refractivity contribution is 7.90. The second kappa shape index (κ2) is 11.1. The van der Waals surface area contributed by atoms with E-state index in [1.54, 1.807) is 6.07 Å². The smallest absolute Gasteiger partial charge is 0.416 e. The van der Waals surface area contributed by atoms with Crippen molar-refractivity contribution in [2.75, 3.05) is 39.5 Å². The number of hydrogen-bond acceptors (Lipinski definition) is 7. The Balaban J connectivity index is 1.65. The molecule has 1 aromatic heterocycles. The minimum atomic E-state index is -4.56. The number of methoxy groups -OCH3 is 1. The largest absolute Gasteiger partial charge is 0.465 e. The van der Waals surface area contributed by atoms with E-state index in [4.69, 9.17) is 9.72 Å². The Morgan fingerprint density at radius 3 is 2.38 bits per heavy atom. The Kier molecular flexibility index (Phi) is 7.91. The molecule has 2 aliphatic rings. The van der Waals surface area contributed by atoms with Gasteiger partial charge >= 0.3 is 12.1 Å².